The maximum Gasteiger partial charge on any atom is 0.259 e. The van der Waals surface area contributed by atoms with Crippen LogP contribution in [0.4, 0.5) is 0 Å². The first kappa shape index (κ1) is 18.0. The quantitative estimate of drug-likeness (QED) is 0.333. The van der Waals surface area contributed by atoms with Gasteiger partial charge in [-0.15, -0.1) is 0 Å². The number of hydrogen-bond donors (Lipinski definition) is 0. The summed E-state index contributed by atoms with van der Waals surface area (Å²) in [5, 5.41) is 2.78. The third kappa shape index (κ3) is 2.82. The summed E-state index contributed by atoms with van der Waals surface area (Å²) in [5.74, 6) is 0.0247. The van der Waals surface area contributed by atoms with Gasteiger partial charge in [0.25, 0.3) is 5.56 Å². The average molecular weight is 444 g/mol. The number of alkyl halides is 1. The van der Waals surface area contributed by atoms with Gasteiger partial charge in [-0.2, -0.15) is 0 Å². The standard InChI is InChI=1S/C21H16BrClN2O2/c1-24-18-8-5-13(19(26)11-22)9-16(18)17-10-15(21(27)25(2)20(17)24)12-3-6-14(23)7-4-12/h3-10H,11H2,1-2H3. The minimum atomic E-state index is -0.0764. The van der Waals surface area contributed by atoms with Gasteiger partial charge in [0.2, 0.25) is 0 Å². The lowest BCUT2D eigenvalue weighted by Gasteiger charge is -2.08. The molecule has 0 unspecified atom stereocenters. The van der Waals surface area contributed by atoms with Gasteiger partial charge in [-0.1, -0.05) is 39.7 Å². The maximum atomic E-state index is 13.0. The van der Waals surface area contributed by atoms with Crippen LogP contribution >= 0.6 is 27.5 Å². The molecule has 0 aliphatic heterocycles. The van der Waals surface area contributed by atoms with E-state index >= 15 is 0 Å². The van der Waals surface area contributed by atoms with Crippen LogP contribution in [0.2, 0.25) is 5.02 Å². The van der Waals surface area contributed by atoms with Gasteiger partial charge >= 0.3 is 0 Å². The number of ketones is 1. The van der Waals surface area contributed by atoms with Crippen LogP contribution in [0.5, 0.6) is 0 Å². The Bertz CT molecular complexity index is 1270. The molecular formula is C21H16BrClN2O2. The van der Waals surface area contributed by atoms with Crippen LogP contribution in [0, 0.1) is 0 Å². The van der Waals surface area contributed by atoms with Gasteiger partial charge in [-0.05, 0) is 42.0 Å². The number of rotatable bonds is 3. The molecule has 136 valence electrons. The molecule has 0 aliphatic carbocycles. The van der Waals surface area contributed by atoms with Crippen LogP contribution in [0.1, 0.15) is 10.4 Å². The second-order valence-corrected chi connectivity index (χ2v) is 7.51. The van der Waals surface area contributed by atoms with Crippen molar-refractivity contribution < 1.29 is 4.79 Å². The summed E-state index contributed by atoms with van der Waals surface area (Å²) in [4.78, 5) is 25.1. The molecule has 0 N–H and O–H groups in total. The molecular weight excluding hydrogens is 428 g/mol. The van der Waals surface area contributed by atoms with E-state index in [1.807, 2.05) is 48.0 Å². The van der Waals surface area contributed by atoms with E-state index in [-0.39, 0.29) is 16.7 Å². The average Bonchev–Trinajstić information content (AvgIpc) is 2.96. The van der Waals surface area contributed by atoms with Crippen LogP contribution < -0.4 is 5.56 Å². The summed E-state index contributed by atoms with van der Waals surface area (Å²) >= 11 is 9.21. The third-order valence-corrected chi connectivity index (χ3v) is 5.71. The van der Waals surface area contributed by atoms with Gasteiger partial charge < -0.3 is 4.57 Å². The molecule has 0 aliphatic rings. The van der Waals surface area contributed by atoms with Crippen molar-refractivity contribution >= 4 is 55.3 Å². The van der Waals surface area contributed by atoms with Gasteiger partial charge in [0, 0.05) is 41.0 Å². The lowest BCUT2D eigenvalue weighted by Crippen LogP contribution is -2.20. The summed E-state index contributed by atoms with van der Waals surface area (Å²) in [6.45, 7) is 0. The molecule has 6 heteroatoms. The van der Waals surface area contributed by atoms with E-state index in [0.29, 0.717) is 16.1 Å². The molecule has 0 saturated heterocycles. The summed E-state index contributed by atoms with van der Waals surface area (Å²) in [5.41, 5.74) is 3.77. The van der Waals surface area contributed by atoms with E-state index in [2.05, 4.69) is 15.9 Å². The molecule has 4 aromatic rings. The molecule has 0 bridgehead atoms. The first-order chi connectivity index (χ1) is 12.9. The number of benzene rings is 2. The SMILES string of the molecule is Cn1c(=O)c(-c2ccc(Cl)cc2)cc2c3cc(C(=O)CBr)ccc3n(C)c21. The first-order valence-corrected chi connectivity index (χ1v) is 9.89. The summed E-state index contributed by atoms with van der Waals surface area (Å²) < 4.78 is 3.64. The van der Waals surface area contributed by atoms with Crippen LogP contribution in [-0.4, -0.2) is 20.2 Å². The largest absolute Gasteiger partial charge is 0.330 e. The normalized spacial score (nSPS) is 11.4. The Morgan fingerprint density at radius 1 is 1.00 bits per heavy atom. The van der Waals surface area contributed by atoms with Crippen molar-refractivity contribution in [2.24, 2.45) is 14.1 Å². The summed E-state index contributed by atoms with van der Waals surface area (Å²) in [7, 11) is 3.70. The molecule has 0 atom stereocenters. The molecule has 27 heavy (non-hydrogen) atoms. The molecule has 0 saturated carbocycles. The Kier molecular flexibility index (Phi) is 4.44. The van der Waals surface area contributed by atoms with E-state index < -0.39 is 0 Å². The number of aryl methyl sites for hydroxylation is 2. The van der Waals surface area contributed by atoms with Crippen molar-refractivity contribution in [3.63, 3.8) is 0 Å². The van der Waals surface area contributed by atoms with Gasteiger partial charge in [-0.3, -0.25) is 14.2 Å². The fraction of sp³-hybridized carbons (Fsp3) is 0.143. The Labute approximate surface area is 169 Å². The molecule has 0 fully saturated rings. The van der Waals surface area contributed by atoms with Gasteiger partial charge in [0.15, 0.2) is 5.78 Å². The number of fused-ring (bicyclic) bond motifs is 3. The monoisotopic (exact) mass is 442 g/mol. The molecule has 2 aromatic carbocycles. The zero-order valence-corrected chi connectivity index (χ0v) is 17.1. The zero-order chi connectivity index (χ0) is 19.3. The number of halogens is 2. The molecule has 0 spiro atoms. The highest BCUT2D eigenvalue weighted by atomic mass is 79.9. The number of aromatic nitrogens is 2. The molecule has 4 rings (SSSR count). The molecule has 0 radical (unpaired) electrons. The highest BCUT2D eigenvalue weighted by Gasteiger charge is 2.17. The molecule has 0 amide bonds. The van der Waals surface area contributed by atoms with E-state index in [4.69, 9.17) is 11.6 Å². The van der Waals surface area contributed by atoms with Crippen molar-refractivity contribution in [2.45, 2.75) is 0 Å². The Balaban J connectivity index is 2.10. The number of pyridine rings is 1. The fourth-order valence-corrected chi connectivity index (χ4v) is 4.03. The van der Waals surface area contributed by atoms with E-state index in [1.54, 1.807) is 23.7 Å². The molecule has 2 aromatic heterocycles. The highest BCUT2D eigenvalue weighted by Crippen LogP contribution is 2.31. The first-order valence-electron chi connectivity index (χ1n) is 8.39. The van der Waals surface area contributed by atoms with Crippen molar-refractivity contribution in [3.8, 4) is 11.1 Å². The van der Waals surface area contributed by atoms with Gasteiger partial charge in [-0.25, -0.2) is 0 Å². The van der Waals surface area contributed by atoms with Crippen LogP contribution in [0.3, 0.4) is 0 Å². The predicted molar refractivity (Wildman–Crippen MR) is 114 cm³/mol. The van der Waals surface area contributed by atoms with E-state index in [0.717, 1.165) is 27.5 Å². The second kappa shape index (κ2) is 6.66. The Hall–Kier alpha value is -2.37. The maximum absolute atomic E-state index is 13.0. The predicted octanol–water partition coefficient (Wildman–Crippen LogP) is 4.93. The van der Waals surface area contributed by atoms with Crippen molar-refractivity contribution in [1.29, 1.82) is 0 Å². The summed E-state index contributed by atoms with van der Waals surface area (Å²) in [6, 6.07) is 14.8. The number of carbonyl (C=O) groups is 1. The Morgan fingerprint density at radius 3 is 2.37 bits per heavy atom. The van der Waals surface area contributed by atoms with Gasteiger partial charge in [0.1, 0.15) is 5.65 Å². The van der Waals surface area contributed by atoms with Crippen LogP contribution in [0.25, 0.3) is 33.1 Å². The number of nitrogens with zero attached hydrogens (tertiary/aromatic N) is 2. The molecule has 4 nitrogen and oxygen atoms in total. The minimum Gasteiger partial charge on any atom is -0.330 e. The lowest BCUT2D eigenvalue weighted by atomic mass is 10.0. The zero-order valence-electron chi connectivity index (χ0n) is 14.8. The topological polar surface area (TPSA) is 44.0 Å². The van der Waals surface area contributed by atoms with E-state index in [1.165, 1.54) is 0 Å². The second-order valence-electron chi connectivity index (χ2n) is 6.51. The number of hydrogen-bond acceptors (Lipinski definition) is 2. The number of carbonyl (C=O) groups excluding carboxylic acids is 1. The summed E-state index contributed by atoms with van der Waals surface area (Å²) in [6.07, 6.45) is 0. The van der Waals surface area contributed by atoms with Gasteiger partial charge in [0.05, 0.1) is 10.8 Å². The van der Waals surface area contributed by atoms with Crippen LogP contribution in [0.15, 0.2) is 53.3 Å². The smallest absolute Gasteiger partial charge is 0.259 e. The minimum absolute atomic E-state index is 0.0247. The Morgan fingerprint density at radius 2 is 1.70 bits per heavy atom. The highest BCUT2D eigenvalue weighted by molar-refractivity contribution is 9.09. The fourth-order valence-electron chi connectivity index (χ4n) is 3.58. The van der Waals surface area contributed by atoms with Crippen LogP contribution in [-0.2, 0) is 14.1 Å². The van der Waals surface area contributed by atoms with Crippen molar-refractivity contribution in [2.75, 3.05) is 5.33 Å². The molecule has 2 heterocycles. The third-order valence-electron chi connectivity index (χ3n) is 4.95. The number of Topliss-reactive ketones (excluding diaryl/α,β-unsaturated/α-hetero) is 1. The van der Waals surface area contributed by atoms with Crippen molar-refractivity contribution in [3.05, 3.63) is 69.5 Å². The lowest BCUT2D eigenvalue weighted by molar-refractivity contribution is 0.102. The van der Waals surface area contributed by atoms with E-state index in [9.17, 15) is 9.59 Å². The van der Waals surface area contributed by atoms with Crippen molar-refractivity contribution in [1.82, 2.24) is 9.13 Å².